The van der Waals surface area contributed by atoms with E-state index in [2.05, 4.69) is 5.32 Å². The highest BCUT2D eigenvalue weighted by Crippen LogP contribution is 2.29. The van der Waals surface area contributed by atoms with Gasteiger partial charge in [0.05, 0.1) is 11.5 Å². The molecule has 1 unspecified atom stereocenters. The maximum Gasteiger partial charge on any atom is 0.416 e. The first-order valence-electron chi connectivity index (χ1n) is 8.87. The molecule has 3 N–H and O–H groups in total. The van der Waals surface area contributed by atoms with E-state index >= 15 is 0 Å². The third-order valence-electron chi connectivity index (χ3n) is 4.48. The lowest BCUT2D eigenvalue weighted by Gasteiger charge is -2.16. The molecule has 2 amide bonds. The molecule has 8 heteroatoms. The Balaban J connectivity index is 1.76. The van der Waals surface area contributed by atoms with Crippen LogP contribution in [-0.4, -0.2) is 17.0 Å². The summed E-state index contributed by atoms with van der Waals surface area (Å²) in [6.07, 6.45) is -4.47. The van der Waals surface area contributed by atoms with Crippen LogP contribution in [0.3, 0.4) is 0 Å². The van der Waals surface area contributed by atoms with E-state index in [0.29, 0.717) is 16.8 Å². The Morgan fingerprint density at radius 1 is 0.800 bits per heavy atom. The SMILES string of the molecule is O=C(Nc1ccc(C(C(=O)NO)c2ccccc2)cc1)c1ccc(C(F)(F)F)cc1. The molecule has 0 aliphatic heterocycles. The lowest BCUT2D eigenvalue weighted by Crippen LogP contribution is -2.27. The van der Waals surface area contributed by atoms with Gasteiger partial charge in [0, 0.05) is 11.3 Å². The quantitative estimate of drug-likeness (QED) is 0.422. The summed E-state index contributed by atoms with van der Waals surface area (Å²) in [6, 6.07) is 19.1. The number of carbonyl (C=O) groups excluding carboxylic acids is 2. The topological polar surface area (TPSA) is 78.4 Å². The minimum Gasteiger partial charge on any atom is -0.322 e. The van der Waals surface area contributed by atoms with Gasteiger partial charge < -0.3 is 5.32 Å². The molecular formula is C22H17F3N2O3. The number of hydrogen-bond acceptors (Lipinski definition) is 3. The summed E-state index contributed by atoms with van der Waals surface area (Å²) < 4.78 is 37.9. The van der Waals surface area contributed by atoms with Crippen molar-refractivity contribution in [2.45, 2.75) is 12.1 Å². The van der Waals surface area contributed by atoms with Crippen LogP contribution in [0, 0.1) is 0 Å². The molecule has 0 saturated heterocycles. The Labute approximate surface area is 170 Å². The minimum absolute atomic E-state index is 0.0777. The predicted molar refractivity (Wildman–Crippen MR) is 104 cm³/mol. The first-order valence-corrected chi connectivity index (χ1v) is 8.87. The van der Waals surface area contributed by atoms with E-state index in [4.69, 9.17) is 5.21 Å². The van der Waals surface area contributed by atoms with Gasteiger partial charge in [-0.1, -0.05) is 42.5 Å². The first kappa shape index (κ1) is 21.1. The Hall–Kier alpha value is -3.65. The molecule has 1 atom stereocenters. The Kier molecular flexibility index (Phi) is 6.17. The van der Waals surface area contributed by atoms with E-state index in [9.17, 15) is 22.8 Å². The highest BCUT2D eigenvalue weighted by Gasteiger charge is 2.30. The van der Waals surface area contributed by atoms with Crippen LogP contribution >= 0.6 is 0 Å². The van der Waals surface area contributed by atoms with Crippen molar-refractivity contribution in [3.05, 3.63) is 101 Å². The molecule has 0 saturated carbocycles. The van der Waals surface area contributed by atoms with Crippen molar-refractivity contribution in [3.63, 3.8) is 0 Å². The zero-order valence-electron chi connectivity index (χ0n) is 15.5. The maximum atomic E-state index is 12.6. The van der Waals surface area contributed by atoms with Crippen molar-refractivity contribution in [1.82, 2.24) is 5.48 Å². The Morgan fingerprint density at radius 3 is 1.90 bits per heavy atom. The molecule has 0 aliphatic carbocycles. The standard InChI is InChI=1S/C22H17F3N2O3/c23-22(24,25)17-10-6-16(7-11-17)20(28)26-18-12-8-15(9-13-18)19(21(29)27-30)14-4-2-1-3-5-14/h1-13,19,30H,(H,26,28)(H,27,29). The van der Waals surface area contributed by atoms with Crippen LogP contribution in [0.1, 0.15) is 33.0 Å². The van der Waals surface area contributed by atoms with Gasteiger partial charge in [0.15, 0.2) is 0 Å². The van der Waals surface area contributed by atoms with Crippen LogP contribution in [-0.2, 0) is 11.0 Å². The van der Waals surface area contributed by atoms with Gasteiger partial charge in [-0.25, -0.2) is 5.48 Å². The molecule has 0 spiro atoms. The normalized spacial score (nSPS) is 12.1. The fourth-order valence-electron chi connectivity index (χ4n) is 2.98. The third-order valence-corrected chi connectivity index (χ3v) is 4.48. The van der Waals surface area contributed by atoms with E-state index in [1.807, 2.05) is 0 Å². The molecule has 0 fully saturated rings. The molecule has 0 aliphatic rings. The number of rotatable bonds is 5. The van der Waals surface area contributed by atoms with Crippen molar-refractivity contribution < 1.29 is 28.0 Å². The molecule has 0 radical (unpaired) electrons. The molecule has 0 aromatic heterocycles. The molecule has 0 heterocycles. The van der Waals surface area contributed by atoms with E-state index in [-0.39, 0.29) is 5.56 Å². The number of hydrogen-bond donors (Lipinski definition) is 3. The number of halogens is 3. The molecule has 3 aromatic carbocycles. The van der Waals surface area contributed by atoms with Gasteiger partial charge in [-0.15, -0.1) is 0 Å². The molecule has 0 bridgehead atoms. The third kappa shape index (κ3) is 4.84. The minimum atomic E-state index is -4.47. The summed E-state index contributed by atoms with van der Waals surface area (Å²) in [7, 11) is 0. The van der Waals surface area contributed by atoms with Gasteiger partial charge in [-0.05, 0) is 47.5 Å². The number of carbonyl (C=O) groups is 2. The lowest BCUT2D eigenvalue weighted by molar-refractivity contribution is -0.137. The fourth-order valence-corrected chi connectivity index (χ4v) is 2.98. The van der Waals surface area contributed by atoms with Crippen LogP contribution in [0.5, 0.6) is 0 Å². The number of nitrogens with one attached hydrogen (secondary N) is 2. The molecule has 3 aromatic rings. The van der Waals surface area contributed by atoms with Crippen molar-refractivity contribution >= 4 is 17.5 Å². The summed E-state index contributed by atoms with van der Waals surface area (Å²) >= 11 is 0. The van der Waals surface area contributed by atoms with E-state index in [1.165, 1.54) is 0 Å². The second-order valence-corrected chi connectivity index (χ2v) is 6.47. The van der Waals surface area contributed by atoms with Gasteiger partial charge in [-0.2, -0.15) is 13.2 Å². The summed E-state index contributed by atoms with van der Waals surface area (Å²) in [4.78, 5) is 24.4. The van der Waals surface area contributed by atoms with Crippen molar-refractivity contribution in [2.24, 2.45) is 0 Å². The second-order valence-electron chi connectivity index (χ2n) is 6.47. The van der Waals surface area contributed by atoms with Gasteiger partial charge in [0.2, 0.25) is 0 Å². The Bertz CT molecular complexity index is 1020. The molecular weight excluding hydrogens is 397 g/mol. The average molecular weight is 414 g/mol. The van der Waals surface area contributed by atoms with E-state index in [1.54, 1.807) is 60.1 Å². The molecule has 154 valence electrons. The molecule has 5 nitrogen and oxygen atoms in total. The van der Waals surface area contributed by atoms with Crippen LogP contribution in [0.25, 0.3) is 0 Å². The van der Waals surface area contributed by atoms with Crippen LogP contribution < -0.4 is 10.8 Å². The summed E-state index contributed by atoms with van der Waals surface area (Å²) in [6.45, 7) is 0. The first-order chi connectivity index (χ1) is 14.3. The van der Waals surface area contributed by atoms with Gasteiger partial charge in [-0.3, -0.25) is 14.8 Å². The summed E-state index contributed by atoms with van der Waals surface area (Å²) in [5.41, 5.74) is 2.56. The summed E-state index contributed by atoms with van der Waals surface area (Å²) in [5.74, 6) is -1.93. The summed E-state index contributed by atoms with van der Waals surface area (Å²) in [5, 5.41) is 11.7. The number of amides is 2. The van der Waals surface area contributed by atoms with E-state index < -0.39 is 29.5 Å². The van der Waals surface area contributed by atoms with Crippen LogP contribution in [0.15, 0.2) is 78.9 Å². The monoisotopic (exact) mass is 414 g/mol. The zero-order chi connectivity index (χ0) is 21.7. The van der Waals surface area contributed by atoms with Crippen molar-refractivity contribution in [3.8, 4) is 0 Å². The smallest absolute Gasteiger partial charge is 0.322 e. The molecule has 3 rings (SSSR count). The number of benzene rings is 3. The van der Waals surface area contributed by atoms with Gasteiger partial charge in [0.25, 0.3) is 11.8 Å². The van der Waals surface area contributed by atoms with Gasteiger partial charge in [0.1, 0.15) is 0 Å². The second kappa shape index (κ2) is 8.79. The molecule has 30 heavy (non-hydrogen) atoms. The lowest BCUT2D eigenvalue weighted by atomic mass is 9.90. The maximum absolute atomic E-state index is 12.6. The highest BCUT2D eigenvalue weighted by molar-refractivity contribution is 6.04. The van der Waals surface area contributed by atoms with Crippen LogP contribution in [0.2, 0.25) is 0 Å². The Morgan fingerprint density at radius 2 is 1.37 bits per heavy atom. The highest BCUT2D eigenvalue weighted by atomic mass is 19.4. The predicted octanol–water partition coefficient (Wildman–Crippen LogP) is 4.60. The van der Waals surface area contributed by atoms with E-state index in [0.717, 1.165) is 24.3 Å². The zero-order valence-corrected chi connectivity index (χ0v) is 15.5. The largest absolute Gasteiger partial charge is 0.416 e. The number of alkyl halides is 3. The van der Waals surface area contributed by atoms with Crippen molar-refractivity contribution in [1.29, 1.82) is 0 Å². The van der Waals surface area contributed by atoms with Crippen molar-refractivity contribution in [2.75, 3.05) is 5.32 Å². The average Bonchev–Trinajstić information content (AvgIpc) is 2.75. The van der Waals surface area contributed by atoms with Crippen LogP contribution in [0.4, 0.5) is 18.9 Å². The fraction of sp³-hybridized carbons (Fsp3) is 0.0909. The van der Waals surface area contributed by atoms with Gasteiger partial charge >= 0.3 is 6.18 Å². The number of hydroxylamine groups is 1. The number of anilines is 1.